The molecule has 0 radical (unpaired) electrons. The first-order valence-electron chi connectivity index (χ1n) is 6.27. The van der Waals surface area contributed by atoms with Crippen molar-refractivity contribution in [2.45, 2.75) is 19.3 Å². The van der Waals surface area contributed by atoms with Gasteiger partial charge in [0.2, 0.25) is 5.88 Å². The van der Waals surface area contributed by atoms with E-state index in [4.69, 9.17) is 4.74 Å². The van der Waals surface area contributed by atoms with Crippen LogP contribution < -0.4 is 4.74 Å². The molecule has 19 heavy (non-hydrogen) atoms. The van der Waals surface area contributed by atoms with Crippen LogP contribution >= 0.6 is 15.9 Å². The van der Waals surface area contributed by atoms with E-state index in [0.29, 0.717) is 24.3 Å². The van der Waals surface area contributed by atoms with Gasteiger partial charge in [-0.05, 0) is 41.4 Å². The maximum absolute atomic E-state index is 5.77. The minimum absolute atomic E-state index is 0.530. The standard InChI is InChI=1S/C14H14BrN3O/c1-9-17-7-12(15)14(18-9)19-8-10-6-11(10)13-4-2-3-5-16-13/h2-5,7,10-11H,6,8H2,1H3/t10-,11+/m1/s1. The zero-order chi connectivity index (χ0) is 13.2. The second kappa shape index (κ2) is 5.25. The summed E-state index contributed by atoms with van der Waals surface area (Å²) in [5, 5.41) is 0. The van der Waals surface area contributed by atoms with Crippen LogP contribution in [-0.4, -0.2) is 21.6 Å². The van der Waals surface area contributed by atoms with Crippen molar-refractivity contribution in [3.8, 4) is 5.88 Å². The lowest BCUT2D eigenvalue weighted by atomic mass is 10.2. The van der Waals surface area contributed by atoms with Crippen LogP contribution in [0.4, 0.5) is 0 Å². The molecule has 0 spiro atoms. The van der Waals surface area contributed by atoms with Gasteiger partial charge in [-0.15, -0.1) is 0 Å². The fourth-order valence-corrected chi connectivity index (χ4v) is 2.42. The number of pyridine rings is 1. The van der Waals surface area contributed by atoms with Crippen LogP contribution in [0.15, 0.2) is 35.1 Å². The molecule has 5 heteroatoms. The van der Waals surface area contributed by atoms with Gasteiger partial charge in [0.1, 0.15) is 5.82 Å². The van der Waals surface area contributed by atoms with Gasteiger partial charge in [0.15, 0.2) is 0 Å². The van der Waals surface area contributed by atoms with E-state index in [1.54, 1.807) is 6.20 Å². The van der Waals surface area contributed by atoms with E-state index in [1.807, 2.05) is 25.3 Å². The van der Waals surface area contributed by atoms with E-state index in [1.165, 1.54) is 0 Å². The van der Waals surface area contributed by atoms with Gasteiger partial charge in [-0.25, -0.2) is 4.98 Å². The van der Waals surface area contributed by atoms with Crippen LogP contribution in [0.3, 0.4) is 0 Å². The lowest BCUT2D eigenvalue weighted by molar-refractivity contribution is 0.282. The molecular formula is C14H14BrN3O. The molecule has 0 amide bonds. The maximum Gasteiger partial charge on any atom is 0.231 e. The predicted octanol–water partition coefficient (Wildman–Crippen LogP) is 3.13. The molecule has 0 unspecified atom stereocenters. The molecule has 2 aromatic heterocycles. The van der Waals surface area contributed by atoms with Crippen molar-refractivity contribution >= 4 is 15.9 Å². The number of ether oxygens (including phenoxy) is 1. The Morgan fingerprint density at radius 2 is 2.26 bits per heavy atom. The molecule has 1 saturated carbocycles. The molecule has 0 N–H and O–H groups in total. The molecule has 0 bridgehead atoms. The average molecular weight is 320 g/mol. The van der Waals surface area contributed by atoms with Crippen LogP contribution in [0.25, 0.3) is 0 Å². The number of aryl methyl sites for hydroxylation is 1. The molecule has 0 aromatic carbocycles. The topological polar surface area (TPSA) is 47.9 Å². The smallest absolute Gasteiger partial charge is 0.231 e. The van der Waals surface area contributed by atoms with E-state index in [9.17, 15) is 0 Å². The Morgan fingerprint density at radius 1 is 1.37 bits per heavy atom. The quantitative estimate of drug-likeness (QED) is 0.868. The summed E-state index contributed by atoms with van der Waals surface area (Å²) in [5.74, 6) is 2.41. The molecule has 98 valence electrons. The first kappa shape index (κ1) is 12.5. The van der Waals surface area contributed by atoms with E-state index in [0.717, 1.165) is 22.4 Å². The second-order valence-electron chi connectivity index (χ2n) is 4.74. The van der Waals surface area contributed by atoms with Crippen LogP contribution in [-0.2, 0) is 0 Å². The van der Waals surface area contributed by atoms with Gasteiger partial charge >= 0.3 is 0 Å². The Kier molecular flexibility index (Phi) is 3.46. The molecule has 0 saturated heterocycles. The molecule has 0 aliphatic heterocycles. The van der Waals surface area contributed by atoms with Gasteiger partial charge in [0.25, 0.3) is 0 Å². The summed E-state index contributed by atoms with van der Waals surface area (Å²) in [5.41, 5.74) is 1.16. The molecule has 2 heterocycles. The monoisotopic (exact) mass is 319 g/mol. The molecule has 2 atom stereocenters. The number of aromatic nitrogens is 3. The molecule has 2 aromatic rings. The van der Waals surface area contributed by atoms with E-state index < -0.39 is 0 Å². The lowest BCUT2D eigenvalue weighted by Crippen LogP contribution is -2.04. The van der Waals surface area contributed by atoms with Crippen molar-refractivity contribution in [1.82, 2.24) is 15.0 Å². The average Bonchev–Trinajstić information content (AvgIpc) is 3.20. The van der Waals surface area contributed by atoms with E-state index in [2.05, 4.69) is 36.9 Å². The summed E-state index contributed by atoms with van der Waals surface area (Å²) < 4.78 is 6.57. The minimum Gasteiger partial charge on any atom is -0.476 e. The maximum atomic E-state index is 5.77. The summed E-state index contributed by atoms with van der Waals surface area (Å²) in [4.78, 5) is 12.8. The summed E-state index contributed by atoms with van der Waals surface area (Å²) in [6.45, 7) is 2.53. The Balaban J connectivity index is 1.59. The van der Waals surface area contributed by atoms with Crippen molar-refractivity contribution in [2.24, 2.45) is 5.92 Å². The predicted molar refractivity (Wildman–Crippen MR) is 75.0 cm³/mol. The summed E-state index contributed by atoms with van der Waals surface area (Å²) in [6.07, 6.45) is 4.70. The number of rotatable bonds is 4. The molecule has 4 nitrogen and oxygen atoms in total. The van der Waals surface area contributed by atoms with Gasteiger partial charge in [-0.3, -0.25) is 4.98 Å². The number of nitrogens with zero attached hydrogens (tertiary/aromatic N) is 3. The van der Waals surface area contributed by atoms with Crippen LogP contribution in [0.1, 0.15) is 23.9 Å². The molecule has 1 fully saturated rings. The highest BCUT2D eigenvalue weighted by atomic mass is 79.9. The van der Waals surface area contributed by atoms with E-state index >= 15 is 0 Å². The lowest BCUT2D eigenvalue weighted by Gasteiger charge is -2.07. The second-order valence-corrected chi connectivity index (χ2v) is 5.59. The normalized spacial score (nSPS) is 21.2. The molecule has 1 aliphatic rings. The highest BCUT2D eigenvalue weighted by Gasteiger charge is 2.40. The zero-order valence-corrected chi connectivity index (χ0v) is 12.2. The van der Waals surface area contributed by atoms with Crippen molar-refractivity contribution in [3.05, 3.63) is 46.6 Å². The summed E-state index contributed by atoms with van der Waals surface area (Å²) in [6, 6.07) is 6.05. The first-order chi connectivity index (χ1) is 9.24. The number of hydrogen-bond acceptors (Lipinski definition) is 4. The zero-order valence-electron chi connectivity index (χ0n) is 10.6. The summed E-state index contributed by atoms with van der Waals surface area (Å²) >= 11 is 3.40. The third kappa shape index (κ3) is 2.92. The van der Waals surface area contributed by atoms with Gasteiger partial charge < -0.3 is 4.74 Å². The third-order valence-electron chi connectivity index (χ3n) is 3.26. The van der Waals surface area contributed by atoms with Gasteiger partial charge in [0.05, 0.1) is 11.1 Å². The largest absolute Gasteiger partial charge is 0.476 e. The molecule has 1 aliphatic carbocycles. The molecular weight excluding hydrogens is 306 g/mol. The Morgan fingerprint density at radius 3 is 3.05 bits per heavy atom. The highest BCUT2D eigenvalue weighted by molar-refractivity contribution is 9.10. The molecule has 3 rings (SSSR count). The first-order valence-corrected chi connectivity index (χ1v) is 7.06. The van der Waals surface area contributed by atoms with Gasteiger partial charge in [0, 0.05) is 29.9 Å². The van der Waals surface area contributed by atoms with Crippen LogP contribution in [0, 0.1) is 12.8 Å². The van der Waals surface area contributed by atoms with Gasteiger partial charge in [-0.2, -0.15) is 4.98 Å². The fraction of sp³-hybridized carbons (Fsp3) is 0.357. The minimum atomic E-state index is 0.530. The Bertz CT molecular complexity index is 576. The van der Waals surface area contributed by atoms with Gasteiger partial charge in [-0.1, -0.05) is 6.07 Å². The SMILES string of the molecule is Cc1ncc(Br)c(OC[C@H]2C[C@@H]2c2ccccn2)n1. The van der Waals surface area contributed by atoms with Crippen LogP contribution in [0.5, 0.6) is 5.88 Å². The highest BCUT2D eigenvalue weighted by Crippen LogP contribution is 2.46. The summed E-state index contributed by atoms with van der Waals surface area (Å²) in [7, 11) is 0. The van der Waals surface area contributed by atoms with Crippen molar-refractivity contribution in [3.63, 3.8) is 0 Å². The van der Waals surface area contributed by atoms with Crippen molar-refractivity contribution in [1.29, 1.82) is 0 Å². The Labute approximate surface area is 120 Å². The third-order valence-corrected chi connectivity index (χ3v) is 3.80. The fourth-order valence-electron chi connectivity index (χ4n) is 2.11. The van der Waals surface area contributed by atoms with Crippen molar-refractivity contribution < 1.29 is 4.74 Å². The Hall–Kier alpha value is -1.49. The van der Waals surface area contributed by atoms with Crippen LogP contribution in [0.2, 0.25) is 0 Å². The number of halogens is 1. The number of hydrogen-bond donors (Lipinski definition) is 0. The van der Waals surface area contributed by atoms with E-state index in [-0.39, 0.29) is 0 Å². The van der Waals surface area contributed by atoms with Crippen molar-refractivity contribution in [2.75, 3.05) is 6.61 Å².